The number of aryl methyl sites for hydroxylation is 2. The molecule has 1 saturated carbocycles. The van der Waals surface area contributed by atoms with Gasteiger partial charge in [-0.1, -0.05) is 31.0 Å². The Morgan fingerprint density at radius 2 is 2.00 bits per heavy atom. The molecule has 0 radical (unpaired) electrons. The standard InChI is InChI=1S/C18H25N5OS/c1-12-9-13(2)23-17(19-12)20-21-18(23)25-11-16(24)22-8-7-14-5-3-4-6-15(14)10-22/h9,14-15H,3-8,10-11H2,1-2H3/t14-,15+/m1/s1. The lowest BCUT2D eigenvalue weighted by Gasteiger charge is -2.41. The summed E-state index contributed by atoms with van der Waals surface area (Å²) in [5.41, 5.74) is 1.98. The molecular formula is C18H25N5OS. The third-order valence-electron chi connectivity index (χ3n) is 5.63. The van der Waals surface area contributed by atoms with Crippen molar-refractivity contribution in [3.05, 3.63) is 17.5 Å². The Labute approximate surface area is 152 Å². The lowest BCUT2D eigenvalue weighted by atomic mass is 9.75. The van der Waals surface area contributed by atoms with Gasteiger partial charge in [-0.3, -0.25) is 9.20 Å². The van der Waals surface area contributed by atoms with Crippen LogP contribution in [-0.2, 0) is 4.79 Å². The molecule has 25 heavy (non-hydrogen) atoms. The summed E-state index contributed by atoms with van der Waals surface area (Å²) in [5, 5.41) is 9.11. The van der Waals surface area contributed by atoms with Crippen molar-refractivity contribution >= 4 is 23.4 Å². The van der Waals surface area contributed by atoms with Crippen molar-refractivity contribution in [1.29, 1.82) is 0 Å². The highest BCUT2D eigenvalue weighted by Gasteiger charge is 2.32. The van der Waals surface area contributed by atoms with E-state index in [2.05, 4.69) is 20.1 Å². The van der Waals surface area contributed by atoms with Gasteiger partial charge in [-0.25, -0.2) is 4.98 Å². The van der Waals surface area contributed by atoms with E-state index in [-0.39, 0.29) is 5.91 Å². The van der Waals surface area contributed by atoms with E-state index in [1.807, 2.05) is 24.3 Å². The molecular weight excluding hydrogens is 334 g/mol. The second kappa shape index (κ2) is 6.94. The zero-order valence-electron chi connectivity index (χ0n) is 14.9. The van der Waals surface area contributed by atoms with Crippen LogP contribution in [0, 0.1) is 25.7 Å². The molecule has 0 N–H and O–H groups in total. The van der Waals surface area contributed by atoms with E-state index in [1.165, 1.54) is 43.9 Å². The van der Waals surface area contributed by atoms with Gasteiger partial charge in [0.1, 0.15) is 0 Å². The zero-order valence-corrected chi connectivity index (χ0v) is 15.8. The summed E-state index contributed by atoms with van der Waals surface area (Å²) in [4.78, 5) is 19.1. The van der Waals surface area contributed by atoms with E-state index in [0.29, 0.717) is 11.5 Å². The Bertz CT molecular complexity index is 789. The molecule has 0 spiro atoms. The summed E-state index contributed by atoms with van der Waals surface area (Å²) < 4.78 is 1.93. The molecule has 1 aliphatic heterocycles. The highest BCUT2D eigenvalue weighted by Crippen LogP contribution is 2.36. The van der Waals surface area contributed by atoms with Crippen LogP contribution in [0.1, 0.15) is 43.5 Å². The largest absolute Gasteiger partial charge is 0.342 e. The molecule has 1 aliphatic carbocycles. The molecule has 3 heterocycles. The number of likely N-dealkylation sites (tertiary alicyclic amines) is 1. The number of hydrogen-bond acceptors (Lipinski definition) is 5. The predicted octanol–water partition coefficient (Wildman–Crippen LogP) is 2.87. The Hall–Kier alpha value is -1.63. The fraction of sp³-hybridized carbons (Fsp3) is 0.667. The van der Waals surface area contributed by atoms with Gasteiger partial charge < -0.3 is 4.90 Å². The Kier molecular flexibility index (Phi) is 4.67. The number of thioether (sulfide) groups is 1. The van der Waals surface area contributed by atoms with Gasteiger partial charge in [-0.05, 0) is 44.6 Å². The minimum Gasteiger partial charge on any atom is -0.342 e. The fourth-order valence-corrected chi connectivity index (χ4v) is 5.23. The number of amides is 1. The highest BCUT2D eigenvalue weighted by molar-refractivity contribution is 7.99. The van der Waals surface area contributed by atoms with Crippen LogP contribution in [0.4, 0.5) is 0 Å². The topological polar surface area (TPSA) is 63.4 Å². The summed E-state index contributed by atoms with van der Waals surface area (Å²) in [6.45, 7) is 5.84. The first-order chi connectivity index (χ1) is 12.1. The number of carbonyl (C=O) groups is 1. The number of nitrogens with zero attached hydrogens (tertiary/aromatic N) is 5. The fourth-order valence-electron chi connectivity index (χ4n) is 4.34. The molecule has 7 heteroatoms. The van der Waals surface area contributed by atoms with Gasteiger partial charge in [0.25, 0.3) is 5.78 Å². The third kappa shape index (κ3) is 3.38. The molecule has 0 unspecified atom stereocenters. The monoisotopic (exact) mass is 359 g/mol. The summed E-state index contributed by atoms with van der Waals surface area (Å²) in [6, 6.07) is 2.01. The van der Waals surface area contributed by atoms with Crippen LogP contribution in [0.5, 0.6) is 0 Å². The Morgan fingerprint density at radius 3 is 2.84 bits per heavy atom. The minimum absolute atomic E-state index is 0.225. The molecule has 0 aromatic carbocycles. The molecule has 134 valence electrons. The second-order valence-corrected chi connectivity index (χ2v) is 8.32. The lowest BCUT2D eigenvalue weighted by Crippen LogP contribution is -2.45. The summed E-state index contributed by atoms with van der Waals surface area (Å²) >= 11 is 1.47. The van der Waals surface area contributed by atoms with Crippen molar-refractivity contribution in [2.24, 2.45) is 11.8 Å². The molecule has 0 bridgehead atoms. The minimum atomic E-state index is 0.225. The SMILES string of the molecule is Cc1cc(C)n2c(SCC(=O)N3CC[C@H]4CCCC[C@H]4C3)nnc2n1. The molecule has 1 amide bonds. The van der Waals surface area contributed by atoms with Crippen LogP contribution in [0.25, 0.3) is 5.78 Å². The Morgan fingerprint density at radius 1 is 1.20 bits per heavy atom. The first-order valence-electron chi connectivity index (χ1n) is 9.22. The third-order valence-corrected chi connectivity index (χ3v) is 6.55. The maximum Gasteiger partial charge on any atom is 0.256 e. The van der Waals surface area contributed by atoms with E-state index < -0.39 is 0 Å². The van der Waals surface area contributed by atoms with Crippen molar-refractivity contribution in [1.82, 2.24) is 24.5 Å². The predicted molar refractivity (Wildman–Crippen MR) is 97.6 cm³/mol. The van der Waals surface area contributed by atoms with Crippen LogP contribution in [0.15, 0.2) is 11.2 Å². The van der Waals surface area contributed by atoms with Crippen molar-refractivity contribution in [3.63, 3.8) is 0 Å². The van der Waals surface area contributed by atoms with E-state index >= 15 is 0 Å². The van der Waals surface area contributed by atoms with Crippen LogP contribution in [0.2, 0.25) is 0 Å². The van der Waals surface area contributed by atoms with Crippen LogP contribution in [0.3, 0.4) is 0 Å². The number of piperidine rings is 1. The number of hydrogen-bond donors (Lipinski definition) is 0. The van der Waals surface area contributed by atoms with Gasteiger partial charge in [0.2, 0.25) is 5.91 Å². The number of carbonyl (C=O) groups excluding carboxylic acids is 1. The number of aromatic nitrogens is 4. The smallest absolute Gasteiger partial charge is 0.256 e. The normalized spacial score (nSPS) is 23.7. The van der Waals surface area contributed by atoms with Gasteiger partial charge in [0.05, 0.1) is 5.75 Å². The Balaban J connectivity index is 1.41. The molecule has 4 rings (SSSR count). The lowest BCUT2D eigenvalue weighted by molar-refractivity contribution is -0.131. The maximum atomic E-state index is 12.7. The van der Waals surface area contributed by atoms with E-state index in [4.69, 9.17) is 0 Å². The molecule has 2 atom stereocenters. The van der Waals surface area contributed by atoms with Crippen molar-refractivity contribution < 1.29 is 4.79 Å². The summed E-state index contributed by atoms with van der Waals surface area (Å²) in [7, 11) is 0. The molecule has 6 nitrogen and oxygen atoms in total. The van der Waals surface area contributed by atoms with Gasteiger partial charge in [0, 0.05) is 24.5 Å². The zero-order chi connectivity index (χ0) is 17.4. The molecule has 2 fully saturated rings. The van der Waals surface area contributed by atoms with Crippen LogP contribution < -0.4 is 0 Å². The molecule has 2 aliphatic rings. The molecule has 2 aromatic heterocycles. The number of rotatable bonds is 3. The summed E-state index contributed by atoms with van der Waals surface area (Å²) in [5.74, 6) is 2.83. The van der Waals surface area contributed by atoms with Crippen LogP contribution >= 0.6 is 11.8 Å². The van der Waals surface area contributed by atoms with Crippen molar-refractivity contribution in [2.75, 3.05) is 18.8 Å². The van der Waals surface area contributed by atoms with Crippen molar-refractivity contribution in [2.45, 2.75) is 51.1 Å². The van der Waals surface area contributed by atoms with Gasteiger partial charge in [0.15, 0.2) is 5.16 Å². The van der Waals surface area contributed by atoms with Gasteiger partial charge >= 0.3 is 0 Å². The average molecular weight is 359 g/mol. The first kappa shape index (κ1) is 16.8. The number of fused-ring (bicyclic) bond motifs is 2. The van der Waals surface area contributed by atoms with Gasteiger partial charge in [-0.15, -0.1) is 10.2 Å². The van der Waals surface area contributed by atoms with E-state index in [1.54, 1.807) is 0 Å². The average Bonchev–Trinajstić information content (AvgIpc) is 3.02. The summed E-state index contributed by atoms with van der Waals surface area (Å²) in [6.07, 6.45) is 6.53. The van der Waals surface area contributed by atoms with E-state index in [0.717, 1.165) is 41.5 Å². The molecule has 2 aromatic rings. The molecule has 1 saturated heterocycles. The van der Waals surface area contributed by atoms with E-state index in [9.17, 15) is 4.79 Å². The quantitative estimate of drug-likeness (QED) is 0.789. The first-order valence-corrected chi connectivity index (χ1v) is 10.2. The van der Waals surface area contributed by atoms with Gasteiger partial charge in [-0.2, -0.15) is 0 Å². The van der Waals surface area contributed by atoms with Crippen molar-refractivity contribution in [3.8, 4) is 0 Å². The highest BCUT2D eigenvalue weighted by atomic mass is 32.2. The maximum absolute atomic E-state index is 12.7. The van der Waals surface area contributed by atoms with Crippen LogP contribution in [-0.4, -0.2) is 49.2 Å². The second-order valence-electron chi connectivity index (χ2n) is 7.38.